The molecule has 0 N–H and O–H groups in total. The number of halogens is 1. The maximum atomic E-state index is 13.0. The van der Waals surface area contributed by atoms with Crippen LogP contribution in [0.2, 0.25) is 0 Å². The Hall–Kier alpha value is -3.02. The van der Waals surface area contributed by atoms with Gasteiger partial charge in [0.25, 0.3) is 0 Å². The Bertz CT molecular complexity index is 877. The number of amides is 1. The van der Waals surface area contributed by atoms with Crippen LogP contribution in [0.1, 0.15) is 30.3 Å². The summed E-state index contributed by atoms with van der Waals surface area (Å²) in [6.07, 6.45) is 1.11. The topological polar surface area (TPSA) is 59.2 Å². The maximum Gasteiger partial charge on any atom is 0.249 e. The summed E-state index contributed by atoms with van der Waals surface area (Å²) in [5, 5.41) is 3.98. The SMILES string of the molecule is O=C1CCC(c2nc(-c3ccc(F)cc3)no2)N1Cc1ccccc1. The van der Waals surface area contributed by atoms with E-state index in [1.54, 1.807) is 17.0 Å². The van der Waals surface area contributed by atoms with E-state index in [1.807, 2.05) is 30.3 Å². The van der Waals surface area contributed by atoms with Crippen LogP contribution >= 0.6 is 0 Å². The van der Waals surface area contributed by atoms with Crippen molar-refractivity contribution in [2.24, 2.45) is 0 Å². The van der Waals surface area contributed by atoms with Crippen LogP contribution in [0, 0.1) is 5.82 Å². The van der Waals surface area contributed by atoms with Gasteiger partial charge in [-0.25, -0.2) is 4.39 Å². The minimum atomic E-state index is -0.317. The van der Waals surface area contributed by atoms with E-state index in [0.717, 1.165) is 5.56 Å². The molecule has 6 heteroatoms. The number of nitrogens with zero attached hydrogens (tertiary/aromatic N) is 3. The van der Waals surface area contributed by atoms with Crippen molar-refractivity contribution in [2.75, 3.05) is 0 Å². The van der Waals surface area contributed by atoms with Gasteiger partial charge >= 0.3 is 0 Å². The quantitative estimate of drug-likeness (QED) is 0.728. The minimum Gasteiger partial charge on any atom is -0.337 e. The molecular weight excluding hydrogens is 321 g/mol. The molecule has 4 rings (SSSR count). The van der Waals surface area contributed by atoms with Crippen LogP contribution in [-0.2, 0) is 11.3 Å². The predicted molar refractivity (Wildman–Crippen MR) is 88.7 cm³/mol. The molecule has 1 aromatic heterocycles. The Morgan fingerprint density at radius 3 is 2.64 bits per heavy atom. The third kappa shape index (κ3) is 3.15. The van der Waals surface area contributed by atoms with Crippen molar-refractivity contribution in [1.82, 2.24) is 15.0 Å². The molecule has 0 radical (unpaired) electrons. The van der Waals surface area contributed by atoms with Gasteiger partial charge in [0, 0.05) is 18.5 Å². The summed E-state index contributed by atoms with van der Waals surface area (Å²) >= 11 is 0. The number of hydrogen-bond donors (Lipinski definition) is 0. The first kappa shape index (κ1) is 15.5. The van der Waals surface area contributed by atoms with E-state index >= 15 is 0 Å². The van der Waals surface area contributed by atoms with Crippen LogP contribution < -0.4 is 0 Å². The first-order valence-electron chi connectivity index (χ1n) is 8.13. The van der Waals surface area contributed by atoms with Crippen LogP contribution in [-0.4, -0.2) is 20.9 Å². The highest BCUT2D eigenvalue weighted by molar-refractivity contribution is 5.78. The van der Waals surface area contributed by atoms with Gasteiger partial charge in [-0.15, -0.1) is 0 Å². The van der Waals surface area contributed by atoms with Crippen molar-refractivity contribution in [3.63, 3.8) is 0 Å². The summed E-state index contributed by atoms with van der Waals surface area (Å²) in [4.78, 5) is 18.5. The molecule has 1 unspecified atom stereocenters. The monoisotopic (exact) mass is 337 g/mol. The van der Waals surface area contributed by atoms with Crippen LogP contribution in [0.4, 0.5) is 4.39 Å². The zero-order valence-corrected chi connectivity index (χ0v) is 13.4. The van der Waals surface area contributed by atoms with E-state index in [1.165, 1.54) is 12.1 Å². The molecule has 3 aromatic rings. The minimum absolute atomic E-state index is 0.0791. The van der Waals surface area contributed by atoms with E-state index < -0.39 is 0 Å². The second-order valence-corrected chi connectivity index (χ2v) is 6.02. The Kier molecular flexibility index (Phi) is 4.01. The standard InChI is InChI=1S/C19H16FN3O2/c20-15-8-6-14(7-9-15)18-21-19(25-22-18)16-10-11-17(24)23(16)12-13-4-2-1-3-5-13/h1-9,16H,10-12H2. The van der Waals surface area contributed by atoms with Gasteiger partial charge < -0.3 is 9.42 Å². The Morgan fingerprint density at radius 2 is 1.88 bits per heavy atom. The summed E-state index contributed by atoms with van der Waals surface area (Å²) in [7, 11) is 0. The summed E-state index contributed by atoms with van der Waals surface area (Å²) in [5.74, 6) is 0.577. The lowest BCUT2D eigenvalue weighted by Crippen LogP contribution is -2.27. The molecule has 0 bridgehead atoms. The first-order valence-corrected chi connectivity index (χ1v) is 8.13. The van der Waals surface area contributed by atoms with Gasteiger partial charge in [0.05, 0.1) is 0 Å². The van der Waals surface area contributed by atoms with Gasteiger partial charge in [0.2, 0.25) is 17.6 Å². The third-order valence-electron chi connectivity index (χ3n) is 4.35. The summed E-state index contributed by atoms with van der Waals surface area (Å²) in [6.45, 7) is 0.513. The van der Waals surface area contributed by atoms with E-state index in [9.17, 15) is 9.18 Å². The van der Waals surface area contributed by atoms with Crippen LogP contribution in [0.3, 0.4) is 0 Å². The highest BCUT2D eigenvalue weighted by Gasteiger charge is 2.35. The number of likely N-dealkylation sites (tertiary alicyclic amines) is 1. The average molecular weight is 337 g/mol. The molecule has 0 saturated carbocycles. The lowest BCUT2D eigenvalue weighted by Gasteiger charge is -2.22. The smallest absolute Gasteiger partial charge is 0.249 e. The Balaban J connectivity index is 1.58. The van der Waals surface area contributed by atoms with Crippen molar-refractivity contribution >= 4 is 5.91 Å². The van der Waals surface area contributed by atoms with E-state index in [-0.39, 0.29) is 17.8 Å². The Labute approximate surface area is 144 Å². The zero-order chi connectivity index (χ0) is 17.2. The Morgan fingerprint density at radius 1 is 1.12 bits per heavy atom. The summed E-state index contributed by atoms with van der Waals surface area (Å²) < 4.78 is 18.4. The first-order chi connectivity index (χ1) is 12.2. The van der Waals surface area contributed by atoms with Crippen LogP contribution in [0.25, 0.3) is 11.4 Å². The second-order valence-electron chi connectivity index (χ2n) is 6.02. The zero-order valence-electron chi connectivity index (χ0n) is 13.4. The molecule has 25 heavy (non-hydrogen) atoms. The van der Waals surface area contributed by atoms with Crippen molar-refractivity contribution in [3.8, 4) is 11.4 Å². The summed E-state index contributed by atoms with van der Waals surface area (Å²) in [6, 6.07) is 15.5. The normalized spacial score (nSPS) is 17.2. The van der Waals surface area contributed by atoms with Crippen molar-refractivity contribution < 1.29 is 13.7 Å². The van der Waals surface area contributed by atoms with Gasteiger partial charge in [-0.2, -0.15) is 4.98 Å². The number of carbonyl (C=O) groups is 1. The van der Waals surface area contributed by atoms with Crippen LogP contribution in [0.15, 0.2) is 59.1 Å². The van der Waals surface area contributed by atoms with Gasteiger partial charge in [-0.05, 0) is 36.2 Å². The number of rotatable bonds is 4. The highest BCUT2D eigenvalue weighted by Crippen LogP contribution is 2.34. The largest absolute Gasteiger partial charge is 0.337 e. The number of benzene rings is 2. The van der Waals surface area contributed by atoms with Crippen molar-refractivity contribution in [1.29, 1.82) is 0 Å². The lowest BCUT2D eigenvalue weighted by molar-refractivity contribution is -0.129. The number of aromatic nitrogens is 2. The fraction of sp³-hybridized carbons (Fsp3) is 0.211. The third-order valence-corrected chi connectivity index (χ3v) is 4.35. The highest BCUT2D eigenvalue weighted by atomic mass is 19.1. The fourth-order valence-corrected chi connectivity index (χ4v) is 3.06. The molecule has 1 fully saturated rings. The molecular formula is C19H16FN3O2. The maximum absolute atomic E-state index is 13.0. The van der Waals surface area contributed by atoms with E-state index in [4.69, 9.17) is 4.52 Å². The van der Waals surface area contributed by atoms with Crippen molar-refractivity contribution in [3.05, 3.63) is 71.9 Å². The lowest BCUT2D eigenvalue weighted by atomic mass is 10.2. The molecule has 0 spiro atoms. The molecule has 2 aromatic carbocycles. The molecule has 1 saturated heterocycles. The molecule has 1 aliphatic heterocycles. The van der Waals surface area contributed by atoms with Gasteiger partial charge in [-0.3, -0.25) is 4.79 Å². The van der Waals surface area contributed by atoms with E-state index in [0.29, 0.717) is 36.7 Å². The van der Waals surface area contributed by atoms with Gasteiger partial charge in [0.15, 0.2) is 0 Å². The van der Waals surface area contributed by atoms with Crippen LogP contribution in [0.5, 0.6) is 0 Å². The molecule has 2 heterocycles. The molecule has 1 amide bonds. The van der Waals surface area contributed by atoms with Gasteiger partial charge in [-0.1, -0.05) is 35.5 Å². The second kappa shape index (κ2) is 6.47. The summed E-state index contributed by atoms with van der Waals surface area (Å²) in [5.41, 5.74) is 1.73. The number of carbonyl (C=O) groups excluding carboxylic acids is 1. The molecule has 0 aliphatic carbocycles. The van der Waals surface area contributed by atoms with E-state index in [2.05, 4.69) is 10.1 Å². The molecule has 5 nitrogen and oxygen atoms in total. The predicted octanol–water partition coefficient (Wildman–Crippen LogP) is 3.74. The average Bonchev–Trinajstić information content (AvgIpc) is 3.24. The van der Waals surface area contributed by atoms with Gasteiger partial charge in [0.1, 0.15) is 11.9 Å². The molecule has 1 aliphatic rings. The molecule has 1 atom stereocenters. The number of hydrogen-bond acceptors (Lipinski definition) is 4. The fourth-order valence-electron chi connectivity index (χ4n) is 3.06. The molecule has 126 valence electrons. The van der Waals surface area contributed by atoms with Crippen molar-refractivity contribution in [2.45, 2.75) is 25.4 Å².